The molecule has 0 fully saturated rings. The first-order valence-corrected chi connectivity index (χ1v) is 5.70. The van der Waals surface area contributed by atoms with Crippen molar-refractivity contribution >= 4 is 13.9 Å². The van der Waals surface area contributed by atoms with Gasteiger partial charge in [0.15, 0.2) is 0 Å². The standard InChI is InChI=1S/C9H8O.H3O4P/c1-2-6-9-8(4-1)5-3-7-10-9;1-5(2,3)4/h1-6H,7H2;(H3,1,2,3,4). The fourth-order valence-electron chi connectivity index (χ4n) is 1.06. The zero-order chi connectivity index (χ0) is 11.3. The molecule has 6 heteroatoms. The molecule has 82 valence electrons. The minimum Gasteiger partial charge on any atom is -0.489 e. The Balaban J connectivity index is 0.000000195. The molecule has 0 saturated heterocycles. The summed E-state index contributed by atoms with van der Waals surface area (Å²) in [5, 5.41) is 0. The lowest BCUT2D eigenvalue weighted by atomic mass is 10.1. The molecular weight excluding hydrogens is 219 g/mol. The fourth-order valence-corrected chi connectivity index (χ4v) is 1.06. The van der Waals surface area contributed by atoms with Crippen LogP contribution in [0.2, 0.25) is 0 Å². The summed E-state index contributed by atoms with van der Waals surface area (Å²) in [6, 6.07) is 8.03. The van der Waals surface area contributed by atoms with Crippen LogP contribution in [0.15, 0.2) is 30.3 Å². The van der Waals surface area contributed by atoms with Crippen molar-refractivity contribution in [2.45, 2.75) is 0 Å². The number of para-hydroxylation sites is 1. The van der Waals surface area contributed by atoms with E-state index in [2.05, 4.69) is 6.08 Å². The highest BCUT2D eigenvalue weighted by Crippen LogP contribution is 2.25. The van der Waals surface area contributed by atoms with E-state index in [1.54, 1.807) is 0 Å². The van der Waals surface area contributed by atoms with Crippen LogP contribution in [-0.4, -0.2) is 21.3 Å². The van der Waals surface area contributed by atoms with E-state index in [9.17, 15) is 0 Å². The van der Waals surface area contributed by atoms with Gasteiger partial charge in [-0.2, -0.15) is 0 Å². The predicted molar refractivity (Wildman–Crippen MR) is 55.2 cm³/mol. The Morgan fingerprint density at radius 3 is 2.40 bits per heavy atom. The average molecular weight is 230 g/mol. The zero-order valence-corrected chi connectivity index (χ0v) is 8.67. The van der Waals surface area contributed by atoms with Crippen LogP contribution in [0, 0.1) is 0 Å². The number of hydrogen-bond acceptors (Lipinski definition) is 2. The Morgan fingerprint density at radius 2 is 1.80 bits per heavy atom. The maximum Gasteiger partial charge on any atom is 0.466 e. The van der Waals surface area contributed by atoms with Crippen molar-refractivity contribution in [2.24, 2.45) is 0 Å². The van der Waals surface area contributed by atoms with Crippen LogP contribution in [0.3, 0.4) is 0 Å². The number of benzene rings is 1. The molecule has 0 unspecified atom stereocenters. The lowest BCUT2D eigenvalue weighted by molar-refractivity contribution is 0.275. The third kappa shape index (κ3) is 5.34. The lowest BCUT2D eigenvalue weighted by Gasteiger charge is -2.10. The molecule has 1 aromatic carbocycles. The molecule has 2 rings (SSSR count). The second kappa shape index (κ2) is 5.09. The van der Waals surface area contributed by atoms with Crippen LogP contribution in [0.5, 0.6) is 5.75 Å². The minimum atomic E-state index is -4.64. The summed E-state index contributed by atoms with van der Waals surface area (Å²) in [6.45, 7) is 0.705. The highest BCUT2D eigenvalue weighted by molar-refractivity contribution is 7.45. The Morgan fingerprint density at radius 1 is 1.20 bits per heavy atom. The second-order valence-electron chi connectivity index (χ2n) is 2.76. The molecule has 0 atom stereocenters. The van der Waals surface area contributed by atoms with Gasteiger partial charge in [-0.05, 0) is 12.1 Å². The summed E-state index contributed by atoms with van der Waals surface area (Å²) < 4.78 is 14.2. The summed E-state index contributed by atoms with van der Waals surface area (Å²) >= 11 is 0. The van der Waals surface area contributed by atoms with Crippen LogP contribution in [0.1, 0.15) is 5.56 Å². The first kappa shape index (κ1) is 11.9. The van der Waals surface area contributed by atoms with E-state index in [0.717, 1.165) is 5.75 Å². The molecule has 1 aliphatic rings. The highest BCUT2D eigenvalue weighted by atomic mass is 31.2. The van der Waals surface area contributed by atoms with Gasteiger partial charge in [-0.1, -0.05) is 24.3 Å². The van der Waals surface area contributed by atoms with Gasteiger partial charge in [0, 0.05) is 5.56 Å². The third-order valence-corrected chi connectivity index (χ3v) is 1.55. The van der Waals surface area contributed by atoms with Gasteiger partial charge < -0.3 is 19.4 Å². The van der Waals surface area contributed by atoms with Crippen molar-refractivity contribution in [2.75, 3.05) is 6.61 Å². The van der Waals surface area contributed by atoms with Crippen LogP contribution < -0.4 is 4.74 Å². The molecule has 0 aliphatic carbocycles. The Labute approximate surface area is 86.9 Å². The normalized spacial score (nSPS) is 13.3. The monoisotopic (exact) mass is 230 g/mol. The first-order chi connectivity index (χ1) is 6.97. The molecule has 1 aromatic rings. The van der Waals surface area contributed by atoms with E-state index in [4.69, 9.17) is 24.0 Å². The van der Waals surface area contributed by atoms with E-state index < -0.39 is 7.82 Å². The van der Waals surface area contributed by atoms with Gasteiger partial charge in [-0.25, -0.2) is 4.57 Å². The number of hydrogen-bond donors (Lipinski definition) is 3. The van der Waals surface area contributed by atoms with Gasteiger partial charge in [-0.3, -0.25) is 0 Å². The van der Waals surface area contributed by atoms with E-state index in [1.165, 1.54) is 5.56 Å². The van der Waals surface area contributed by atoms with E-state index in [-0.39, 0.29) is 0 Å². The predicted octanol–water partition coefficient (Wildman–Crippen LogP) is 1.16. The summed E-state index contributed by atoms with van der Waals surface area (Å²) in [5.41, 5.74) is 1.17. The van der Waals surface area contributed by atoms with Crippen molar-refractivity contribution in [3.05, 3.63) is 35.9 Å². The quantitative estimate of drug-likeness (QED) is 0.582. The van der Waals surface area contributed by atoms with Gasteiger partial charge in [0.2, 0.25) is 0 Å². The molecule has 0 aromatic heterocycles. The van der Waals surface area contributed by atoms with Crippen LogP contribution in [-0.2, 0) is 4.57 Å². The SMILES string of the molecule is C1=Cc2ccccc2OC1.O=P(O)(O)O. The molecule has 1 aliphatic heterocycles. The smallest absolute Gasteiger partial charge is 0.466 e. The number of phosphoric acid groups is 1. The third-order valence-electron chi connectivity index (χ3n) is 1.55. The van der Waals surface area contributed by atoms with Crippen molar-refractivity contribution in [3.8, 4) is 5.75 Å². The van der Waals surface area contributed by atoms with Gasteiger partial charge in [0.05, 0.1) is 0 Å². The van der Waals surface area contributed by atoms with Crippen molar-refractivity contribution in [1.29, 1.82) is 0 Å². The molecule has 0 radical (unpaired) electrons. The van der Waals surface area contributed by atoms with E-state index >= 15 is 0 Å². The Kier molecular flexibility index (Phi) is 4.05. The van der Waals surface area contributed by atoms with Crippen molar-refractivity contribution in [1.82, 2.24) is 0 Å². The Bertz CT molecular complexity index is 387. The van der Waals surface area contributed by atoms with Gasteiger partial charge in [-0.15, -0.1) is 0 Å². The van der Waals surface area contributed by atoms with E-state index in [0.29, 0.717) is 6.61 Å². The molecule has 15 heavy (non-hydrogen) atoms. The number of fused-ring (bicyclic) bond motifs is 1. The minimum absolute atomic E-state index is 0.705. The summed E-state index contributed by atoms with van der Waals surface area (Å²) in [4.78, 5) is 21.6. The first-order valence-electron chi connectivity index (χ1n) is 4.13. The topological polar surface area (TPSA) is 87.0 Å². The van der Waals surface area contributed by atoms with Gasteiger partial charge in [0.25, 0.3) is 0 Å². The molecule has 0 saturated carbocycles. The molecule has 3 N–H and O–H groups in total. The molecule has 0 spiro atoms. The molecule has 0 amide bonds. The van der Waals surface area contributed by atoms with Crippen LogP contribution in [0.25, 0.3) is 6.08 Å². The van der Waals surface area contributed by atoms with Gasteiger partial charge >= 0.3 is 7.82 Å². The summed E-state index contributed by atoms with van der Waals surface area (Å²) in [6.07, 6.45) is 4.10. The zero-order valence-electron chi connectivity index (χ0n) is 7.78. The second-order valence-corrected chi connectivity index (χ2v) is 3.79. The maximum absolute atomic E-state index is 8.88. The molecule has 0 bridgehead atoms. The van der Waals surface area contributed by atoms with Crippen LogP contribution >= 0.6 is 7.82 Å². The summed E-state index contributed by atoms with van der Waals surface area (Å²) in [5.74, 6) is 0.991. The van der Waals surface area contributed by atoms with Crippen LogP contribution in [0.4, 0.5) is 0 Å². The van der Waals surface area contributed by atoms with Crippen molar-refractivity contribution < 1.29 is 24.0 Å². The highest BCUT2D eigenvalue weighted by Gasteiger charge is 2.01. The number of rotatable bonds is 0. The van der Waals surface area contributed by atoms with E-state index in [1.807, 2.05) is 30.3 Å². The lowest BCUT2D eigenvalue weighted by Crippen LogP contribution is -1.98. The molecular formula is C9H11O5P. The number of ether oxygens (including phenoxy) is 1. The Hall–Kier alpha value is -1.13. The molecule has 5 nitrogen and oxygen atoms in total. The molecule has 1 heterocycles. The van der Waals surface area contributed by atoms with Gasteiger partial charge in [0.1, 0.15) is 12.4 Å². The van der Waals surface area contributed by atoms with Crippen molar-refractivity contribution in [3.63, 3.8) is 0 Å². The average Bonchev–Trinajstić information content (AvgIpc) is 2.16. The largest absolute Gasteiger partial charge is 0.489 e. The summed E-state index contributed by atoms with van der Waals surface area (Å²) in [7, 11) is -4.64. The maximum atomic E-state index is 8.88. The fraction of sp³-hybridized carbons (Fsp3) is 0.111.